The molecule has 0 aliphatic carbocycles. The van der Waals surface area contributed by atoms with E-state index in [1.54, 1.807) is 42.5 Å². The molecular weight excluding hydrogens is 410 g/mol. The van der Waals surface area contributed by atoms with Crippen LogP contribution in [0.3, 0.4) is 0 Å². The number of nitrogens with zero attached hydrogens (tertiary/aromatic N) is 2. The molecule has 3 aromatic rings. The molecule has 1 aromatic heterocycles. The Labute approximate surface area is 183 Å². The highest BCUT2D eigenvalue weighted by Gasteiger charge is 2.25. The number of piperazine rings is 1. The first-order valence-electron chi connectivity index (χ1n) is 10.6. The molecule has 1 saturated heterocycles. The summed E-state index contributed by atoms with van der Waals surface area (Å²) in [6, 6.07) is 22.0. The van der Waals surface area contributed by atoms with Crippen LogP contribution in [0.5, 0.6) is 0 Å². The van der Waals surface area contributed by atoms with Gasteiger partial charge < -0.3 is 5.32 Å². The van der Waals surface area contributed by atoms with Gasteiger partial charge in [-0.1, -0.05) is 48.5 Å². The van der Waals surface area contributed by atoms with E-state index in [-0.39, 0.29) is 22.8 Å². The molecule has 1 aliphatic rings. The molecule has 6 nitrogen and oxygen atoms in total. The molecule has 1 unspecified atom stereocenters. The predicted molar refractivity (Wildman–Crippen MR) is 121 cm³/mol. The van der Waals surface area contributed by atoms with Gasteiger partial charge in [-0.05, 0) is 36.2 Å². The Bertz CT molecular complexity index is 1110. The van der Waals surface area contributed by atoms with Crippen molar-refractivity contribution in [1.82, 2.24) is 14.2 Å². The standard InChI is InChI=1S/C24H27N3O3S/c28-24(23-12-7-15-27(23)31(29,30)22-10-5-2-6-11-22)13-16-26-17-14-25-19-21(26)18-20-8-3-1-4-9-20/h1-12,15,21,25H,13-14,16-19H2. The smallest absolute Gasteiger partial charge is 0.268 e. The molecule has 0 saturated carbocycles. The minimum absolute atomic E-state index is 0.165. The Morgan fingerprint density at radius 2 is 1.68 bits per heavy atom. The van der Waals surface area contributed by atoms with Gasteiger partial charge in [-0.2, -0.15) is 0 Å². The Balaban J connectivity index is 1.45. The monoisotopic (exact) mass is 437 g/mol. The molecule has 2 aromatic carbocycles. The molecule has 1 atom stereocenters. The van der Waals surface area contributed by atoms with Crippen LogP contribution in [-0.4, -0.2) is 55.3 Å². The molecule has 1 fully saturated rings. The van der Waals surface area contributed by atoms with Gasteiger partial charge in [-0.15, -0.1) is 0 Å². The molecular formula is C24H27N3O3S. The van der Waals surface area contributed by atoms with Crippen LogP contribution in [0.15, 0.2) is 83.9 Å². The highest BCUT2D eigenvalue weighted by atomic mass is 32.2. The molecule has 1 N–H and O–H groups in total. The number of ketones is 1. The highest BCUT2D eigenvalue weighted by molar-refractivity contribution is 7.90. The molecule has 0 radical (unpaired) electrons. The molecule has 0 amide bonds. The number of hydrogen-bond acceptors (Lipinski definition) is 5. The minimum Gasteiger partial charge on any atom is -0.314 e. The zero-order valence-corrected chi connectivity index (χ0v) is 18.2. The lowest BCUT2D eigenvalue weighted by Crippen LogP contribution is -2.52. The molecule has 4 rings (SSSR count). The van der Waals surface area contributed by atoms with Crippen molar-refractivity contribution in [3.63, 3.8) is 0 Å². The third-order valence-electron chi connectivity index (χ3n) is 5.71. The first kappa shape index (κ1) is 21.5. The van der Waals surface area contributed by atoms with Crippen LogP contribution in [0.2, 0.25) is 0 Å². The summed E-state index contributed by atoms with van der Waals surface area (Å²) >= 11 is 0. The van der Waals surface area contributed by atoms with E-state index in [4.69, 9.17) is 0 Å². The second-order valence-electron chi connectivity index (χ2n) is 7.76. The summed E-state index contributed by atoms with van der Waals surface area (Å²) in [4.78, 5) is 15.5. The number of carbonyl (C=O) groups is 1. The van der Waals surface area contributed by atoms with Gasteiger partial charge in [0.1, 0.15) is 0 Å². The van der Waals surface area contributed by atoms with Crippen molar-refractivity contribution in [3.05, 3.63) is 90.3 Å². The first-order valence-corrected chi connectivity index (χ1v) is 12.0. The summed E-state index contributed by atoms with van der Waals surface area (Å²) in [5.74, 6) is -0.165. The molecule has 1 aliphatic heterocycles. The van der Waals surface area contributed by atoms with E-state index in [2.05, 4.69) is 22.3 Å². The van der Waals surface area contributed by atoms with Crippen LogP contribution in [0.25, 0.3) is 0 Å². The Kier molecular flexibility index (Phi) is 6.65. The maximum atomic E-state index is 13.0. The second kappa shape index (κ2) is 9.60. The Morgan fingerprint density at radius 1 is 0.968 bits per heavy atom. The van der Waals surface area contributed by atoms with E-state index < -0.39 is 10.0 Å². The molecule has 31 heavy (non-hydrogen) atoms. The fraction of sp³-hybridized carbons (Fsp3) is 0.292. The van der Waals surface area contributed by atoms with Crippen molar-refractivity contribution in [2.24, 2.45) is 0 Å². The highest BCUT2D eigenvalue weighted by Crippen LogP contribution is 2.18. The molecule has 0 spiro atoms. The fourth-order valence-corrected chi connectivity index (χ4v) is 5.44. The molecule has 162 valence electrons. The SMILES string of the molecule is O=C(CCN1CCNCC1Cc1ccccc1)c1cccn1S(=O)(=O)c1ccccc1. The van der Waals surface area contributed by atoms with Gasteiger partial charge in [-0.25, -0.2) is 12.4 Å². The Hall–Kier alpha value is -2.74. The Morgan fingerprint density at radius 3 is 2.42 bits per heavy atom. The van der Waals surface area contributed by atoms with Gasteiger partial charge in [0.15, 0.2) is 5.78 Å². The van der Waals surface area contributed by atoms with E-state index in [0.717, 1.165) is 30.0 Å². The van der Waals surface area contributed by atoms with Gasteiger partial charge in [0.2, 0.25) is 0 Å². The van der Waals surface area contributed by atoms with Crippen LogP contribution >= 0.6 is 0 Å². The van der Waals surface area contributed by atoms with Crippen LogP contribution in [0, 0.1) is 0 Å². The summed E-state index contributed by atoms with van der Waals surface area (Å²) in [5, 5.41) is 3.44. The molecule has 0 bridgehead atoms. The maximum absolute atomic E-state index is 13.0. The average Bonchev–Trinajstić information content (AvgIpc) is 3.31. The van der Waals surface area contributed by atoms with Gasteiger partial charge in [-0.3, -0.25) is 9.69 Å². The molecule has 2 heterocycles. The third kappa shape index (κ3) is 4.95. The summed E-state index contributed by atoms with van der Waals surface area (Å²) in [6.07, 6.45) is 2.64. The number of carbonyl (C=O) groups excluding carboxylic acids is 1. The summed E-state index contributed by atoms with van der Waals surface area (Å²) in [7, 11) is -3.79. The van der Waals surface area contributed by atoms with Gasteiger partial charge in [0.05, 0.1) is 10.6 Å². The van der Waals surface area contributed by atoms with E-state index in [1.165, 1.54) is 11.8 Å². The fourth-order valence-electron chi connectivity index (χ4n) is 4.06. The van der Waals surface area contributed by atoms with Crippen molar-refractivity contribution in [3.8, 4) is 0 Å². The lowest BCUT2D eigenvalue weighted by molar-refractivity contribution is 0.0930. The van der Waals surface area contributed by atoms with E-state index in [1.807, 2.05) is 18.2 Å². The predicted octanol–water partition coefficient (Wildman–Crippen LogP) is 2.81. The average molecular weight is 438 g/mol. The summed E-state index contributed by atoms with van der Waals surface area (Å²) in [6.45, 7) is 3.24. The number of rotatable bonds is 8. The van der Waals surface area contributed by atoms with Crippen LogP contribution in [-0.2, 0) is 16.4 Å². The van der Waals surface area contributed by atoms with Crippen LogP contribution in [0.1, 0.15) is 22.5 Å². The zero-order chi connectivity index (χ0) is 21.7. The molecule has 7 heteroatoms. The maximum Gasteiger partial charge on any atom is 0.268 e. The van der Waals surface area contributed by atoms with E-state index in [0.29, 0.717) is 12.6 Å². The third-order valence-corrected chi connectivity index (χ3v) is 7.42. The van der Waals surface area contributed by atoms with Gasteiger partial charge >= 0.3 is 0 Å². The number of aromatic nitrogens is 1. The lowest BCUT2D eigenvalue weighted by Gasteiger charge is -2.36. The van der Waals surface area contributed by atoms with Crippen LogP contribution < -0.4 is 5.32 Å². The van der Waals surface area contributed by atoms with Crippen molar-refractivity contribution in [1.29, 1.82) is 0 Å². The number of Topliss-reactive ketones (excluding diaryl/α,β-unsaturated/α-hetero) is 1. The van der Waals surface area contributed by atoms with Gasteiger partial charge in [0.25, 0.3) is 10.0 Å². The first-order chi connectivity index (χ1) is 15.1. The number of benzene rings is 2. The quantitative estimate of drug-likeness (QED) is 0.549. The van der Waals surface area contributed by atoms with Crippen molar-refractivity contribution >= 4 is 15.8 Å². The van der Waals surface area contributed by atoms with Crippen molar-refractivity contribution < 1.29 is 13.2 Å². The zero-order valence-electron chi connectivity index (χ0n) is 17.4. The van der Waals surface area contributed by atoms with E-state index in [9.17, 15) is 13.2 Å². The second-order valence-corrected chi connectivity index (χ2v) is 9.58. The summed E-state index contributed by atoms with van der Waals surface area (Å²) in [5.41, 5.74) is 1.48. The van der Waals surface area contributed by atoms with Crippen molar-refractivity contribution in [2.75, 3.05) is 26.2 Å². The van der Waals surface area contributed by atoms with Crippen molar-refractivity contribution in [2.45, 2.75) is 23.8 Å². The largest absolute Gasteiger partial charge is 0.314 e. The summed E-state index contributed by atoms with van der Waals surface area (Å²) < 4.78 is 27.0. The number of hydrogen-bond donors (Lipinski definition) is 1. The topological polar surface area (TPSA) is 71.4 Å². The number of nitrogens with one attached hydrogen (secondary N) is 1. The normalized spacial score (nSPS) is 17.5. The lowest BCUT2D eigenvalue weighted by atomic mass is 10.0. The van der Waals surface area contributed by atoms with E-state index >= 15 is 0 Å². The van der Waals surface area contributed by atoms with Crippen LogP contribution in [0.4, 0.5) is 0 Å². The minimum atomic E-state index is -3.79. The van der Waals surface area contributed by atoms with Gasteiger partial charge in [0, 0.05) is 44.8 Å².